The molecule has 1 rings (SSSR count). The molecule has 0 aromatic carbocycles. The Morgan fingerprint density at radius 3 is 3.00 bits per heavy atom. The third-order valence-electron chi connectivity index (χ3n) is 1.56. The van der Waals surface area contributed by atoms with Gasteiger partial charge in [-0.2, -0.15) is 0 Å². The first kappa shape index (κ1) is 9.92. The van der Waals surface area contributed by atoms with Gasteiger partial charge in [0.25, 0.3) is 0 Å². The van der Waals surface area contributed by atoms with E-state index in [4.69, 9.17) is 4.74 Å². The number of rotatable bonds is 5. The van der Waals surface area contributed by atoms with Crippen LogP contribution in [0.25, 0.3) is 0 Å². The Bertz CT molecular complexity index is 252. The number of ether oxygens (including phenoxy) is 1. The van der Waals surface area contributed by atoms with Crippen LogP contribution in [0.1, 0.15) is 12.6 Å². The Morgan fingerprint density at radius 1 is 1.46 bits per heavy atom. The van der Waals surface area contributed by atoms with Crippen molar-refractivity contribution in [2.45, 2.75) is 13.8 Å². The van der Waals surface area contributed by atoms with Crippen molar-refractivity contribution < 1.29 is 4.74 Å². The minimum Gasteiger partial charge on any atom is -0.380 e. The van der Waals surface area contributed by atoms with Gasteiger partial charge in [-0.1, -0.05) is 0 Å². The molecular weight excluding hydrogens is 166 g/mol. The minimum atomic E-state index is 0.708. The molecule has 0 unspecified atom stereocenters. The maximum Gasteiger partial charge on any atom is 0.129 e. The second-order valence-electron chi connectivity index (χ2n) is 2.67. The average molecular weight is 181 g/mol. The van der Waals surface area contributed by atoms with E-state index in [0.717, 1.165) is 24.7 Å². The van der Waals surface area contributed by atoms with Gasteiger partial charge in [0.1, 0.15) is 12.1 Å². The predicted molar refractivity (Wildman–Crippen MR) is 51.8 cm³/mol. The lowest BCUT2D eigenvalue weighted by Gasteiger charge is -2.04. The molecule has 1 N–H and O–H groups in total. The van der Waals surface area contributed by atoms with Gasteiger partial charge in [0.15, 0.2) is 0 Å². The summed E-state index contributed by atoms with van der Waals surface area (Å²) in [6.07, 6.45) is 1.55. The van der Waals surface area contributed by atoms with Crippen LogP contribution in [0.15, 0.2) is 12.4 Å². The first-order chi connectivity index (χ1) is 6.33. The van der Waals surface area contributed by atoms with Crippen molar-refractivity contribution in [3.05, 3.63) is 18.1 Å². The summed E-state index contributed by atoms with van der Waals surface area (Å²) in [5.41, 5.74) is 0.967. The molecule has 0 aliphatic heterocycles. The fourth-order valence-corrected chi connectivity index (χ4v) is 0.947. The van der Waals surface area contributed by atoms with Gasteiger partial charge in [-0.3, -0.25) is 0 Å². The normalized spacial score (nSPS) is 10.0. The van der Waals surface area contributed by atoms with Crippen LogP contribution in [0, 0.1) is 6.92 Å². The lowest BCUT2D eigenvalue weighted by molar-refractivity contribution is 0.158. The molecule has 4 heteroatoms. The van der Waals surface area contributed by atoms with Crippen LogP contribution in [0.3, 0.4) is 0 Å². The lowest BCUT2D eigenvalue weighted by Crippen LogP contribution is -2.10. The van der Waals surface area contributed by atoms with Crippen LogP contribution in [0.2, 0.25) is 0 Å². The average Bonchev–Trinajstić information content (AvgIpc) is 2.13. The largest absolute Gasteiger partial charge is 0.380 e. The Kier molecular flexibility index (Phi) is 4.18. The van der Waals surface area contributed by atoms with Crippen LogP contribution in [0.4, 0.5) is 5.82 Å². The molecule has 0 amide bonds. The minimum absolute atomic E-state index is 0.708. The lowest BCUT2D eigenvalue weighted by atomic mass is 10.4. The Labute approximate surface area is 78.4 Å². The third kappa shape index (κ3) is 3.85. The van der Waals surface area contributed by atoms with Gasteiger partial charge in [0, 0.05) is 24.9 Å². The molecule has 0 spiro atoms. The van der Waals surface area contributed by atoms with Crippen LogP contribution in [0.5, 0.6) is 0 Å². The second-order valence-corrected chi connectivity index (χ2v) is 2.67. The number of hydrogen-bond donors (Lipinski definition) is 1. The topological polar surface area (TPSA) is 47.0 Å². The predicted octanol–water partition coefficient (Wildman–Crippen LogP) is 1.23. The first-order valence-corrected chi connectivity index (χ1v) is 4.43. The van der Waals surface area contributed by atoms with E-state index in [2.05, 4.69) is 15.3 Å². The zero-order valence-electron chi connectivity index (χ0n) is 8.08. The van der Waals surface area contributed by atoms with Gasteiger partial charge in [-0.25, -0.2) is 9.97 Å². The maximum absolute atomic E-state index is 5.18. The highest BCUT2D eigenvalue weighted by Crippen LogP contribution is 2.01. The summed E-state index contributed by atoms with van der Waals surface area (Å²) in [5, 5.41) is 3.14. The van der Waals surface area contributed by atoms with Crippen LogP contribution in [-0.4, -0.2) is 29.7 Å². The zero-order valence-corrected chi connectivity index (χ0v) is 8.08. The summed E-state index contributed by atoms with van der Waals surface area (Å²) in [6.45, 7) is 6.17. The van der Waals surface area contributed by atoms with Gasteiger partial charge in [0.2, 0.25) is 0 Å². The number of nitrogens with zero attached hydrogens (tertiary/aromatic N) is 2. The van der Waals surface area contributed by atoms with E-state index in [1.54, 1.807) is 6.33 Å². The van der Waals surface area contributed by atoms with Crippen molar-refractivity contribution >= 4 is 5.82 Å². The van der Waals surface area contributed by atoms with E-state index in [-0.39, 0.29) is 0 Å². The van der Waals surface area contributed by atoms with E-state index >= 15 is 0 Å². The fourth-order valence-electron chi connectivity index (χ4n) is 0.947. The molecule has 0 aliphatic rings. The SMILES string of the molecule is CCOCCNc1cc(C)ncn1. The molecular formula is C9H15N3O. The van der Waals surface area contributed by atoms with Crippen molar-refractivity contribution in [2.24, 2.45) is 0 Å². The monoisotopic (exact) mass is 181 g/mol. The molecule has 72 valence electrons. The van der Waals surface area contributed by atoms with Crippen molar-refractivity contribution in [2.75, 3.05) is 25.1 Å². The van der Waals surface area contributed by atoms with Crippen molar-refractivity contribution in [3.8, 4) is 0 Å². The maximum atomic E-state index is 5.18. The van der Waals surface area contributed by atoms with Crippen molar-refractivity contribution in [1.82, 2.24) is 9.97 Å². The number of nitrogens with one attached hydrogen (secondary N) is 1. The summed E-state index contributed by atoms with van der Waals surface area (Å²) in [7, 11) is 0. The quantitative estimate of drug-likeness (QED) is 0.694. The van der Waals surface area contributed by atoms with E-state index in [9.17, 15) is 0 Å². The van der Waals surface area contributed by atoms with Crippen LogP contribution >= 0.6 is 0 Å². The number of aromatic nitrogens is 2. The van der Waals surface area contributed by atoms with Gasteiger partial charge in [0.05, 0.1) is 6.61 Å². The summed E-state index contributed by atoms with van der Waals surface area (Å²) in [5.74, 6) is 0.854. The second kappa shape index (κ2) is 5.48. The van der Waals surface area contributed by atoms with Crippen LogP contribution in [-0.2, 0) is 4.74 Å². The zero-order chi connectivity index (χ0) is 9.52. The smallest absolute Gasteiger partial charge is 0.129 e. The highest BCUT2D eigenvalue weighted by Gasteiger charge is 1.93. The number of anilines is 1. The molecule has 0 atom stereocenters. The molecule has 0 saturated carbocycles. The Hall–Kier alpha value is -1.16. The summed E-state index contributed by atoms with van der Waals surface area (Å²) in [4.78, 5) is 8.06. The van der Waals surface area contributed by atoms with E-state index < -0.39 is 0 Å². The first-order valence-electron chi connectivity index (χ1n) is 4.43. The van der Waals surface area contributed by atoms with E-state index in [0.29, 0.717) is 6.61 Å². The number of aryl methyl sites for hydroxylation is 1. The molecule has 0 radical (unpaired) electrons. The summed E-state index contributed by atoms with van der Waals surface area (Å²) >= 11 is 0. The molecule has 1 aromatic heterocycles. The molecule has 0 aliphatic carbocycles. The van der Waals surface area contributed by atoms with E-state index in [1.807, 2.05) is 19.9 Å². The highest BCUT2D eigenvalue weighted by molar-refractivity contribution is 5.34. The number of hydrogen-bond acceptors (Lipinski definition) is 4. The van der Waals surface area contributed by atoms with Gasteiger partial charge < -0.3 is 10.1 Å². The summed E-state index contributed by atoms with van der Waals surface area (Å²) < 4.78 is 5.18. The van der Waals surface area contributed by atoms with Crippen molar-refractivity contribution in [3.63, 3.8) is 0 Å². The Balaban J connectivity index is 2.28. The molecule has 1 aromatic rings. The highest BCUT2D eigenvalue weighted by atomic mass is 16.5. The van der Waals surface area contributed by atoms with Gasteiger partial charge in [-0.05, 0) is 13.8 Å². The molecule has 1 heterocycles. The third-order valence-corrected chi connectivity index (χ3v) is 1.56. The molecule has 0 bridgehead atoms. The van der Waals surface area contributed by atoms with Gasteiger partial charge >= 0.3 is 0 Å². The standard InChI is InChI=1S/C9H15N3O/c1-3-13-5-4-10-9-6-8(2)11-7-12-9/h6-7H,3-5H2,1-2H3,(H,10,11,12). The Morgan fingerprint density at radius 2 is 2.31 bits per heavy atom. The van der Waals surface area contributed by atoms with Gasteiger partial charge in [-0.15, -0.1) is 0 Å². The molecule has 0 fully saturated rings. The van der Waals surface area contributed by atoms with Crippen molar-refractivity contribution in [1.29, 1.82) is 0 Å². The molecule has 13 heavy (non-hydrogen) atoms. The molecule has 0 saturated heterocycles. The molecule has 4 nitrogen and oxygen atoms in total. The summed E-state index contributed by atoms with van der Waals surface area (Å²) in [6, 6.07) is 1.91. The van der Waals surface area contributed by atoms with E-state index in [1.165, 1.54) is 0 Å². The fraction of sp³-hybridized carbons (Fsp3) is 0.556. The van der Waals surface area contributed by atoms with Crippen LogP contribution < -0.4 is 5.32 Å².